The molecule has 0 aliphatic rings. The van der Waals surface area contributed by atoms with Crippen molar-refractivity contribution in [2.45, 2.75) is 101 Å². The minimum Gasteiger partial charge on any atom is -0.496 e. The van der Waals surface area contributed by atoms with E-state index in [1.54, 1.807) is 0 Å². The SMILES string of the molecule is COC(=O)c1ccc(C(=O)N[C@@H](CCCCN)C(=O)Nc2ccc(OC)c(C(=O)N[C@@H](CCCCN)C(=O)Nc3ccc(OC)c(C(=O)N[C@@H](CCCCN)C(=O)Nc4ccc(OCC(=O)O)c(C(=O)N[C@@H](CCCCN)C(=O)Nc5ccc(OC)c(C(N)=O)c5)c4)c3)c2)cc1. The van der Waals surface area contributed by atoms with E-state index in [4.69, 9.17) is 52.4 Å². The van der Waals surface area contributed by atoms with Gasteiger partial charge in [0.05, 0.1) is 56.3 Å². The fourth-order valence-electron chi connectivity index (χ4n) is 9.74. The van der Waals surface area contributed by atoms with Gasteiger partial charge in [0.2, 0.25) is 23.6 Å². The summed E-state index contributed by atoms with van der Waals surface area (Å²) in [5.41, 5.74) is 28.9. The van der Waals surface area contributed by atoms with Crippen LogP contribution in [0.25, 0.3) is 0 Å². The molecular weight excluding hydrogens is 1250 g/mol. The van der Waals surface area contributed by atoms with Crippen molar-refractivity contribution in [3.05, 3.63) is 130 Å². The van der Waals surface area contributed by atoms with Gasteiger partial charge >= 0.3 is 11.9 Å². The number of anilines is 4. The number of rotatable bonds is 40. The van der Waals surface area contributed by atoms with Crippen LogP contribution in [-0.2, 0) is 28.7 Å². The van der Waals surface area contributed by atoms with Gasteiger partial charge in [-0.3, -0.25) is 43.2 Å². The molecule has 0 saturated carbocycles. The third-order valence-electron chi connectivity index (χ3n) is 14.8. The Balaban J connectivity index is 1.36. The maximum Gasteiger partial charge on any atom is 0.341 e. The molecule has 0 fully saturated rings. The molecule has 0 heterocycles. The van der Waals surface area contributed by atoms with Gasteiger partial charge < -0.3 is 100.0 Å². The second-order valence-electron chi connectivity index (χ2n) is 21.8. The van der Waals surface area contributed by atoms with Crippen molar-refractivity contribution in [1.82, 2.24) is 21.3 Å². The summed E-state index contributed by atoms with van der Waals surface area (Å²) in [7, 11) is 5.20. The van der Waals surface area contributed by atoms with Crippen LogP contribution in [0, 0.1) is 0 Å². The predicted molar refractivity (Wildman–Crippen MR) is 356 cm³/mol. The summed E-state index contributed by atoms with van der Waals surface area (Å²) in [5, 5.41) is 31.2. The largest absolute Gasteiger partial charge is 0.496 e. The van der Waals surface area contributed by atoms with Crippen molar-refractivity contribution < 1.29 is 81.5 Å². The number of nitrogens with two attached hydrogens (primary N) is 5. The molecule has 0 aromatic heterocycles. The molecule has 516 valence electrons. The first-order valence-electron chi connectivity index (χ1n) is 30.9. The normalized spacial score (nSPS) is 12.0. The maximum atomic E-state index is 14.4. The molecule has 5 aromatic carbocycles. The Morgan fingerprint density at radius 3 is 0.979 bits per heavy atom. The van der Waals surface area contributed by atoms with E-state index in [-0.39, 0.29) is 124 Å². The molecule has 0 aliphatic carbocycles. The molecule has 96 heavy (non-hydrogen) atoms. The highest BCUT2D eigenvalue weighted by atomic mass is 16.5. The predicted octanol–water partition coefficient (Wildman–Crippen LogP) is 3.53. The van der Waals surface area contributed by atoms with Gasteiger partial charge in [0, 0.05) is 28.3 Å². The first kappa shape index (κ1) is 76.0. The van der Waals surface area contributed by atoms with Crippen molar-refractivity contribution in [3.63, 3.8) is 0 Å². The number of hydrogen-bond donors (Lipinski definition) is 14. The number of carboxylic acid groups (broad SMARTS) is 1. The summed E-state index contributed by atoms with van der Waals surface area (Å²) < 4.78 is 26.5. The van der Waals surface area contributed by atoms with Gasteiger partial charge in [-0.2, -0.15) is 0 Å². The molecule has 30 heteroatoms. The smallest absolute Gasteiger partial charge is 0.341 e. The van der Waals surface area contributed by atoms with Gasteiger partial charge in [-0.15, -0.1) is 0 Å². The molecule has 0 saturated heterocycles. The third kappa shape index (κ3) is 23.1. The van der Waals surface area contributed by atoms with Gasteiger partial charge in [-0.1, -0.05) is 0 Å². The molecule has 9 amide bonds. The Morgan fingerprint density at radius 1 is 0.385 bits per heavy atom. The number of benzene rings is 5. The molecule has 0 aliphatic heterocycles. The fourth-order valence-corrected chi connectivity index (χ4v) is 9.74. The van der Waals surface area contributed by atoms with E-state index < -0.39 is 95.9 Å². The van der Waals surface area contributed by atoms with Gasteiger partial charge in [0.1, 0.15) is 47.2 Å². The van der Waals surface area contributed by atoms with Gasteiger partial charge in [0.15, 0.2) is 6.61 Å². The summed E-state index contributed by atoms with van der Waals surface area (Å²) in [5.74, 6) is -8.63. The van der Waals surface area contributed by atoms with Crippen molar-refractivity contribution in [1.29, 1.82) is 0 Å². The Morgan fingerprint density at radius 2 is 0.677 bits per heavy atom. The van der Waals surface area contributed by atoms with Crippen LogP contribution in [0.5, 0.6) is 23.0 Å². The van der Waals surface area contributed by atoms with Crippen LogP contribution in [0.2, 0.25) is 0 Å². The zero-order valence-corrected chi connectivity index (χ0v) is 53.9. The number of carboxylic acids is 1. The lowest BCUT2D eigenvalue weighted by Crippen LogP contribution is -2.44. The highest BCUT2D eigenvalue weighted by Gasteiger charge is 2.30. The molecule has 19 N–H and O–H groups in total. The summed E-state index contributed by atoms with van der Waals surface area (Å²) >= 11 is 0. The Hall–Kier alpha value is -10.7. The third-order valence-corrected chi connectivity index (χ3v) is 14.8. The number of aliphatic carboxylic acids is 1. The van der Waals surface area contributed by atoms with Gasteiger partial charge in [0.25, 0.3) is 29.5 Å². The van der Waals surface area contributed by atoms with Crippen molar-refractivity contribution in [3.8, 4) is 23.0 Å². The highest BCUT2D eigenvalue weighted by Crippen LogP contribution is 2.29. The number of unbranched alkanes of at least 4 members (excludes halogenated alkanes) is 4. The number of methoxy groups -OCH3 is 4. The lowest BCUT2D eigenvalue weighted by atomic mass is 10.0. The molecule has 0 unspecified atom stereocenters. The molecule has 5 rings (SSSR count). The monoisotopic (exact) mass is 1330 g/mol. The number of amides is 9. The first-order chi connectivity index (χ1) is 46.1. The topological polar surface area (TPSA) is 480 Å². The average Bonchev–Trinajstić information content (AvgIpc) is 0.886. The maximum absolute atomic E-state index is 14.4. The van der Waals surface area contributed by atoms with Crippen molar-refractivity contribution >= 4 is 87.9 Å². The van der Waals surface area contributed by atoms with E-state index in [2.05, 4.69) is 42.5 Å². The molecular formula is C66H85N13O17. The summed E-state index contributed by atoms with van der Waals surface area (Å²) in [6.07, 6.45) is 3.98. The zero-order valence-electron chi connectivity index (χ0n) is 53.9. The molecule has 30 nitrogen and oxygen atoms in total. The lowest BCUT2D eigenvalue weighted by molar-refractivity contribution is -0.139. The number of esters is 1. The number of ether oxygens (including phenoxy) is 5. The quantitative estimate of drug-likeness (QED) is 0.0197. The van der Waals surface area contributed by atoms with E-state index in [1.807, 2.05) is 0 Å². The second-order valence-corrected chi connectivity index (χ2v) is 21.8. The van der Waals surface area contributed by atoms with E-state index in [1.165, 1.54) is 126 Å². The van der Waals surface area contributed by atoms with E-state index >= 15 is 0 Å². The Kier molecular flexibility index (Phi) is 31.0. The van der Waals surface area contributed by atoms with E-state index in [0.29, 0.717) is 57.9 Å². The number of primary amides is 1. The summed E-state index contributed by atoms with van der Waals surface area (Å²) in [6.45, 7) is 0.269. The zero-order chi connectivity index (χ0) is 70.3. The molecule has 5 aromatic rings. The van der Waals surface area contributed by atoms with Crippen LogP contribution in [0.15, 0.2) is 97.1 Å². The number of carbonyl (C=O) groups excluding carboxylic acids is 10. The minimum atomic E-state index is -1.37. The van der Waals surface area contributed by atoms with E-state index in [0.717, 1.165) is 0 Å². The Bertz CT molecular complexity index is 3550. The minimum absolute atomic E-state index is 0.00918. The fraction of sp³-hybridized carbons (Fsp3) is 0.379. The first-order valence-corrected chi connectivity index (χ1v) is 30.9. The summed E-state index contributed by atoms with van der Waals surface area (Å²) in [4.78, 5) is 148. The molecule has 0 spiro atoms. The van der Waals surface area contributed by atoms with Gasteiger partial charge in [-0.05, 0) is 200 Å². The number of nitrogens with one attached hydrogen (secondary N) is 8. The van der Waals surface area contributed by atoms with E-state index in [9.17, 15) is 57.8 Å². The van der Waals surface area contributed by atoms with Crippen LogP contribution in [-0.4, -0.2) is 156 Å². The molecule has 4 atom stereocenters. The summed E-state index contributed by atoms with van der Waals surface area (Å²) in [6, 6.07) is 17.3. The van der Waals surface area contributed by atoms with Crippen LogP contribution in [0.1, 0.15) is 139 Å². The van der Waals surface area contributed by atoms with Crippen LogP contribution in [0.4, 0.5) is 22.7 Å². The molecule has 0 radical (unpaired) electrons. The standard InChI is InChI=1S/C66H85N13O17/c1-92-52-25-21-40(33-44(52)57(71)82)72-63(88)51(16-8-12-32-70)79-61(86)47-36-43(24-28-55(47)96-37-56(80)81)75-65(90)50(15-7-11-31-69)78-60(85)46-35-42(23-27-54(46)94-3)74-64(89)49(14-6-10-30-68)77-59(84)45-34-41(22-26-53(45)93-2)73-62(87)48(13-5-9-29-67)76-58(83)38-17-19-39(20-18-38)66(91)95-4/h17-28,33-36,48-51H,5-16,29-32,37,67-70H2,1-4H3,(H2,71,82)(H,72,88)(H,73,87)(H,74,89)(H,75,90)(H,76,83)(H,77,84)(H,78,85)(H,79,86)(H,80,81)/t48-,49-,50-,51-/m0/s1. The lowest BCUT2D eigenvalue weighted by Gasteiger charge is -2.22. The average molecular weight is 1330 g/mol. The highest BCUT2D eigenvalue weighted by molar-refractivity contribution is 6.08. The van der Waals surface area contributed by atoms with Crippen molar-refractivity contribution in [2.24, 2.45) is 28.7 Å². The molecule has 0 bridgehead atoms. The Labute approximate surface area is 554 Å². The van der Waals surface area contributed by atoms with Crippen LogP contribution in [0.3, 0.4) is 0 Å². The number of hydrogen-bond acceptors (Lipinski definition) is 20. The van der Waals surface area contributed by atoms with Crippen LogP contribution >= 0.6 is 0 Å². The van der Waals surface area contributed by atoms with Gasteiger partial charge in [-0.25, -0.2) is 9.59 Å². The van der Waals surface area contributed by atoms with Crippen molar-refractivity contribution in [2.75, 3.05) is 82.5 Å². The number of carbonyl (C=O) groups is 11. The van der Waals surface area contributed by atoms with Crippen LogP contribution < -0.4 is 90.2 Å². The second kappa shape index (κ2) is 39.1.